The number of nitrogens with one attached hydrogen (secondary N) is 1. The first-order valence-corrected chi connectivity index (χ1v) is 8.76. The lowest BCUT2D eigenvalue weighted by Gasteiger charge is -2.36. The predicted octanol–water partition coefficient (Wildman–Crippen LogP) is 1.58. The Morgan fingerprint density at radius 1 is 0.875 bits per heavy atom. The number of esters is 3. The molecule has 138 valence electrons. The van der Waals surface area contributed by atoms with Gasteiger partial charge in [-0.25, -0.2) is 0 Å². The standard InChI is InChI=1S/C17H29NO6/c1-4-22-14(19)13(15(20)23-5-2)12-18-17(16(21)24-6-3)10-8-7-9-11-17/h13,18H,4-12H2,1-3H3. The first-order valence-electron chi connectivity index (χ1n) is 8.76. The van der Waals surface area contributed by atoms with Crippen LogP contribution in [-0.4, -0.2) is 49.8 Å². The normalized spacial score (nSPS) is 16.5. The Bertz CT molecular complexity index is 413. The molecule has 24 heavy (non-hydrogen) atoms. The van der Waals surface area contributed by atoms with E-state index in [1.807, 2.05) is 0 Å². The van der Waals surface area contributed by atoms with Crippen LogP contribution < -0.4 is 5.32 Å². The highest BCUT2D eigenvalue weighted by Gasteiger charge is 2.42. The molecule has 1 rings (SSSR count). The van der Waals surface area contributed by atoms with E-state index in [-0.39, 0.29) is 25.7 Å². The fourth-order valence-corrected chi connectivity index (χ4v) is 2.92. The Balaban J connectivity index is 2.84. The molecular weight excluding hydrogens is 314 g/mol. The van der Waals surface area contributed by atoms with Crippen LogP contribution in [0.25, 0.3) is 0 Å². The maximum absolute atomic E-state index is 12.4. The van der Waals surface area contributed by atoms with Gasteiger partial charge in [0.2, 0.25) is 0 Å². The summed E-state index contributed by atoms with van der Waals surface area (Å²) in [4.78, 5) is 36.5. The molecule has 0 amide bonds. The quantitative estimate of drug-likeness (QED) is 0.386. The molecule has 0 bridgehead atoms. The number of ether oxygens (including phenoxy) is 3. The summed E-state index contributed by atoms with van der Waals surface area (Å²) in [5, 5.41) is 3.12. The minimum atomic E-state index is -1.09. The zero-order chi connectivity index (χ0) is 18.0. The number of rotatable bonds is 9. The van der Waals surface area contributed by atoms with Gasteiger partial charge in [0.25, 0.3) is 0 Å². The molecule has 1 saturated carbocycles. The number of carbonyl (C=O) groups excluding carboxylic acids is 3. The summed E-state index contributed by atoms with van der Waals surface area (Å²) >= 11 is 0. The lowest BCUT2D eigenvalue weighted by atomic mass is 9.81. The molecule has 0 atom stereocenters. The third kappa shape index (κ3) is 5.47. The van der Waals surface area contributed by atoms with Crippen LogP contribution in [0.1, 0.15) is 52.9 Å². The van der Waals surface area contributed by atoms with Crippen molar-refractivity contribution in [3.8, 4) is 0 Å². The highest BCUT2D eigenvalue weighted by atomic mass is 16.6. The second-order valence-electron chi connectivity index (χ2n) is 5.80. The summed E-state index contributed by atoms with van der Waals surface area (Å²) in [5.74, 6) is -2.69. The molecule has 0 aromatic rings. The van der Waals surface area contributed by atoms with Crippen molar-refractivity contribution < 1.29 is 28.6 Å². The Kier molecular flexibility index (Phi) is 8.74. The second-order valence-corrected chi connectivity index (χ2v) is 5.80. The van der Waals surface area contributed by atoms with E-state index in [0.717, 1.165) is 19.3 Å². The van der Waals surface area contributed by atoms with Crippen LogP contribution >= 0.6 is 0 Å². The van der Waals surface area contributed by atoms with E-state index in [0.29, 0.717) is 19.4 Å². The molecule has 0 unspecified atom stereocenters. The van der Waals surface area contributed by atoms with Crippen molar-refractivity contribution in [3.05, 3.63) is 0 Å². The first kappa shape index (κ1) is 20.4. The van der Waals surface area contributed by atoms with Crippen molar-refractivity contribution >= 4 is 17.9 Å². The Morgan fingerprint density at radius 3 is 1.83 bits per heavy atom. The largest absolute Gasteiger partial charge is 0.465 e. The van der Waals surface area contributed by atoms with E-state index in [2.05, 4.69) is 5.32 Å². The van der Waals surface area contributed by atoms with Gasteiger partial charge in [-0.2, -0.15) is 0 Å². The highest BCUT2D eigenvalue weighted by Crippen LogP contribution is 2.29. The van der Waals surface area contributed by atoms with Crippen LogP contribution in [-0.2, 0) is 28.6 Å². The van der Waals surface area contributed by atoms with Crippen LogP contribution in [0.15, 0.2) is 0 Å². The Labute approximate surface area is 143 Å². The molecule has 0 saturated heterocycles. The minimum Gasteiger partial charge on any atom is -0.465 e. The molecule has 7 nitrogen and oxygen atoms in total. The van der Waals surface area contributed by atoms with Crippen LogP contribution in [0.3, 0.4) is 0 Å². The van der Waals surface area contributed by atoms with E-state index in [1.165, 1.54) is 0 Å². The van der Waals surface area contributed by atoms with Crippen molar-refractivity contribution in [1.29, 1.82) is 0 Å². The Morgan fingerprint density at radius 2 is 1.38 bits per heavy atom. The van der Waals surface area contributed by atoms with E-state index in [9.17, 15) is 14.4 Å². The van der Waals surface area contributed by atoms with Gasteiger partial charge in [0.1, 0.15) is 5.54 Å². The minimum absolute atomic E-state index is 0.00349. The average Bonchev–Trinajstić information content (AvgIpc) is 2.56. The van der Waals surface area contributed by atoms with Crippen LogP contribution in [0.4, 0.5) is 0 Å². The molecular formula is C17H29NO6. The van der Waals surface area contributed by atoms with Crippen LogP contribution in [0.2, 0.25) is 0 Å². The van der Waals surface area contributed by atoms with E-state index < -0.39 is 23.4 Å². The molecule has 1 fully saturated rings. The van der Waals surface area contributed by atoms with Crippen molar-refractivity contribution in [2.45, 2.75) is 58.4 Å². The Hall–Kier alpha value is -1.63. The van der Waals surface area contributed by atoms with Gasteiger partial charge in [0, 0.05) is 6.54 Å². The van der Waals surface area contributed by atoms with Crippen LogP contribution in [0.5, 0.6) is 0 Å². The first-order chi connectivity index (χ1) is 11.5. The topological polar surface area (TPSA) is 90.9 Å². The molecule has 0 aromatic heterocycles. The zero-order valence-electron chi connectivity index (χ0n) is 14.9. The fraction of sp³-hybridized carbons (Fsp3) is 0.824. The van der Waals surface area contributed by atoms with Gasteiger partial charge in [-0.1, -0.05) is 19.3 Å². The third-order valence-electron chi connectivity index (χ3n) is 4.16. The summed E-state index contributed by atoms with van der Waals surface area (Å²) in [6, 6.07) is 0. The fourth-order valence-electron chi connectivity index (χ4n) is 2.92. The number of hydrogen-bond acceptors (Lipinski definition) is 7. The molecule has 0 spiro atoms. The lowest BCUT2D eigenvalue weighted by Crippen LogP contribution is -2.56. The van der Waals surface area contributed by atoms with E-state index >= 15 is 0 Å². The molecule has 1 N–H and O–H groups in total. The summed E-state index contributed by atoms with van der Waals surface area (Å²) in [6.45, 7) is 5.76. The zero-order valence-corrected chi connectivity index (χ0v) is 14.9. The summed E-state index contributed by atoms with van der Waals surface area (Å²) in [7, 11) is 0. The van der Waals surface area contributed by atoms with Gasteiger partial charge in [0.15, 0.2) is 5.92 Å². The SMILES string of the molecule is CCOC(=O)C(CNC1(C(=O)OCC)CCCCC1)C(=O)OCC. The van der Waals surface area contributed by atoms with Gasteiger partial charge >= 0.3 is 17.9 Å². The highest BCUT2D eigenvalue weighted by molar-refractivity contribution is 5.95. The van der Waals surface area contributed by atoms with Gasteiger partial charge in [0.05, 0.1) is 19.8 Å². The predicted molar refractivity (Wildman–Crippen MR) is 87.2 cm³/mol. The second kappa shape index (κ2) is 10.3. The maximum atomic E-state index is 12.4. The summed E-state index contributed by atoms with van der Waals surface area (Å²) in [5.41, 5.74) is -0.842. The smallest absolute Gasteiger partial charge is 0.326 e. The molecule has 0 radical (unpaired) electrons. The third-order valence-corrected chi connectivity index (χ3v) is 4.16. The monoisotopic (exact) mass is 343 g/mol. The molecule has 1 aliphatic carbocycles. The maximum Gasteiger partial charge on any atom is 0.326 e. The lowest BCUT2D eigenvalue weighted by molar-refractivity contribution is -0.163. The van der Waals surface area contributed by atoms with Crippen molar-refractivity contribution in [3.63, 3.8) is 0 Å². The van der Waals surface area contributed by atoms with Crippen molar-refractivity contribution in [1.82, 2.24) is 5.32 Å². The number of hydrogen-bond donors (Lipinski definition) is 1. The van der Waals surface area contributed by atoms with Gasteiger partial charge < -0.3 is 19.5 Å². The molecule has 0 aliphatic heterocycles. The summed E-state index contributed by atoms with van der Waals surface area (Å²) < 4.78 is 15.1. The van der Waals surface area contributed by atoms with Crippen molar-refractivity contribution in [2.24, 2.45) is 5.92 Å². The van der Waals surface area contributed by atoms with Gasteiger partial charge in [-0.15, -0.1) is 0 Å². The average molecular weight is 343 g/mol. The molecule has 1 aliphatic rings. The summed E-state index contributed by atoms with van der Waals surface area (Å²) in [6.07, 6.45) is 4.11. The van der Waals surface area contributed by atoms with Gasteiger partial charge in [-0.05, 0) is 33.6 Å². The molecule has 0 heterocycles. The van der Waals surface area contributed by atoms with Crippen molar-refractivity contribution in [2.75, 3.05) is 26.4 Å². The number of carbonyl (C=O) groups is 3. The van der Waals surface area contributed by atoms with E-state index in [4.69, 9.17) is 14.2 Å². The van der Waals surface area contributed by atoms with E-state index in [1.54, 1.807) is 20.8 Å². The molecule has 0 aromatic carbocycles. The van der Waals surface area contributed by atoms with Gasteiger partial charge in [-0.3, -0.25) is 14.4 Å². The van der Waals surface area contributed by atoms with Crippen LogP contribution in [0, 0.1) is 5.92 Å². The molecule has 7 heteroatoms.